The van der Waals surface area contributed by atoms with E-state index >= 15 is 0 Å². The van der Waals surface area contributed by atoms with Crippen LogP contribution in [0.3, 0.4) is 0 Å². The molecule has 0 radical (unpaired) electrons. The zero-order valence-corrected chi connectivity index (χ0v) is 14.5. The Morgan fingerprint density at radius 1 is 1.00 bits per heavy atom. The number of hydrogen-bond donors (Lipinski definition) is 0. The Kier molecular flexibility index (Phi) is 8.91. The smallest absolute Gasteiger partial charge is 0.377 e. The molecule has 0 aliphatic carbocycles. The van der Waals surface area contributed by atoms with Crippen molar-refractivity contribution in [2.75, 3.05) is 41.0 Å². The lowest BCUT2D eigenvalue weighted by atomic mass is 10.1. The second-order valence-electron chi connectivity index (χ2n) is 5.23. The fourth-order valence-electron chi connectivity index (χ4n) is 2.75. The first-order valence-corrected chi connectivity index (χ1v) is 9.65. The standard InChI is InChI=1S/C14H31NO4Si/c1-5-14(15-10-7-6-8-11-15)19-12-9-13-20(16-2,17-3)18-4/h14H,5-13H2,1-4H3. The van der Waals surface area contributed by atoms with Crippen molar-refractivity contribution in [3.05, 3.63) is 0 Å². The average Bonchev–Trinajstić information content (AvgIpc) is 2.53. The van der Waals surface area contributed by atoms with Gasteiger partial charge >= 0.3 is 8.80 Å². The number of ether oxygens (including phenoxy) is 1. The molecule has 6 heteroatoms. The third-order valence-corrected chi connectivity index (χ3v) is 6.85. The maximum absolute atomic E-state index is 6.04. The summed E-state index contributed by atoms with van der Waals surface area (Å²) in [5, 5.41) is 0. The van der Waals surface area contributed by atoms with Crippen LogP contribution in [0.4, 0.5) is 0 Å². The summed E-state index contributed by atoms with van der Waals surface area (Å²) in [6.45, 7) is 5.27. The molecule has 1 unspecified atom stereocenters. The van der Waals surface area contributed by atoms with Gasteiger partial charge in [0, 0.05) is 47.1 Å². The van der Waals surface area contributed by atoms with Crippen LogP contribution in [-0.4, -0.2) is 61.0 Å². The van der Waals surface area contributed by atoms with Gasteiger partial charge in [-0.05, 0) is 25.7 Å². The number of nitrogens with zero attached hydrogens (tertiary/aromatic N) is 1. The van der Waals surface area contributed by atoms with Crippen LogP contribution >= 0.6 is 0 Å². The summed E-state index contributed by atoms with van der Waals surface area (Å²) in [6, 6.07) is 0.799. The molecule has 1 aliphatic heterocycles. The molecule has 1 saturated heterocycles. The van der Waals surface area contributed by atoms with E-state index in [1.54, 1.807) is 21.3 Å². The summed E-state index contributed by atoms with van der Waals surface area (Å²) >= 11 is 0. The van der Waals surface area contributed by atoms with Gasteiger partial charge in [-0.25, -0.2) is 0 Å². The Labute approximate surface area is 124 Å². The lowest BCUT2D eigenvalue weighted by Crippen LogP contribution is -2.43. The molecule has 1 fully saturated rings. The maximum atomic E-state index is 6.04. The van der Waals surface area contributed by atoms with Gasteiger partial charge in [0.1, 0.15) is 6.23 Å². The van der Waals surface area contributed by atoms with Gasteiger partial charge in [-0.2, -0.15) is 0 Å². The second-order valence-corrected chi connectivity index (χ2v) is 8.32. The molecular weight excluding hydrogens is 274 g/mol. The van der Waals surface area contributed by atoms with Crippen molar-refractivity contribution in [3.63, 3.8) is 0 Å². The molecule has 0 N–H and O–H groups in total. The van der Waals surface area contributed by atoms with E-state index in [0.29, 0.717) is 0 Å². The fourth-order valence-corrected chi connectivity index (χ4v) is 4.44. The molecule has 20 heavy (non-hydrogen) atoms. The highest BCUT2D eigenvalue weighted by atomic mass is 28.4. The molecule has 1 aliphatic rings. The number of piperidine rings is 1. The van der Waals surface area contributed by atoms with Gasteiger partial charge in [-0.3, -0.25) is 4.90 Å². The van der Waals surface area contributed by atoms with E-state index in [0.717, 1.165) is 25.5 Å². The van der Waals surface area contributed by atoms with Crippen LogP contribution in [0.5, 0.6) is 0 Å². The predicted octanol–water partition coefficient (Wildman–Crippen LogP) is 2.49. The Hall–Kier alpha value is 0.0169. The minimum absolute atomic E-state index is 0.263. The van der Waals surface area contributed by atoms with Crippen molar-refractivity contribution in [2.24, 2.45) is 0 Å². The molecule has 0 aromatic heterocycles. The molecular formula is C14H31NO4Si. The second kappa shape index (κ2) is 9.86. The van der Waals surface area contributed by atoms with Crippen LogP contribution in [-0.2, 0) is 18.0 Å². The van der Waals surface area contributed by atoms with Crippen LogP contribution in [0.15, 0.2) is 0 Å². The maximum Gasteiger partial charge on any atom is 0.500 e. The first-order chi connectivity index (χ1) is 9.71. The number of rotatable bonds is 10. The molecule has 1 rings (SSSR count). The van der Waals surface area contributed by atoms with Crippen LogP contribution in [0, 0.1) is 0 Å². The van der Waals surface area contributed by atoms with Gasteiger partial charge in [0.05, 0.1) is 0 Å². The van der Waals surface area contributed by atoms with E-state index in [1.165, 1.54) is 32.4 Å². The third-order valence-electron chi connectivity index (χ3n) is 4.02. The van der Waals surface area contributed by atoms with E-state index < -0.39 is 8.80 Å². The molecule has 120 valence electrons. The molecule has 1 heterocycles. The molecule has 0 amide bonds. The van der Waals surface area contributed by atoms with Crippen molar-refractivity contribution in [2.45, 2.75) is 51.3 Å². The first-order valence-electron chi connectivity index (χ1n) is 7.72. The number of hydrogen-bond acceptors (Lipinski definition) is 5. The Morgan fingerprint density at radius 2 is 1.60 bits per heavy atom. The monoisotopic (exact) mass is 305 g/mol. The Bertz CT molecular complexity index is 237. The summed E-state index contributed by atoms with van der Waals surface area (Å²) in [4.78, 5) is 2.47. The fraction of sp³-hybridized carbons (Fsp3) is 1.00. The summed E-state index contributed by atoms with van der Waals surface area (Å²) in [6.07, 6.45) is 6.17. The Balaban J connectivity index is 2.27. The zero-order valence-electron chi connectivity index (χ0n) is 13.5. The van der Waals surface area contributed by atoms with E-state index in [4.69, 9.17) is 18.0 Å². The lowest BCUT2D eigenvalue weighted by Gasteiger charge is -2.34. The third kappa shape index (κ3) is 5.42. The van der Waals surface area contributed by atoms with E-state index in [9.17, 15) is 0 Å². The molecule has 5 nitrogen and oxygen atoms in total. The summed E-state index contributed by atoms with van der Waals surface area (Å²) in [5.41, 5.74) is 0. The Morgan fingerprint density at radius 3 is 2.10 bits per heavy atom. The molecule has 0 spiro atoms. The topological polar surface area (TPSA) is 40.2 Å². The number of likely N-dealkylation sites (tertiary alicyclic amines) is 1. The van der Waals surface area contributed by atoms with Gasteiger partial charge in [-0.15, -0.1) is 0 Å². The van der Waals surface area contributed by atoms with Crippen LogP contribution in [0.25, 0.3) is 0 Å². The quantitative estimate of drug-likeness (QED) is 0.458. The zero-order chi connectivity index (χ0) is 14.8. The van der Waals surface area contributed by atoms with Gasteiger partial charge in [0.25, 0.3) is 0 Å². The van der Waals surface area contributed by atoms with Crippen LogP contribution in [0.1, 0.15) is 39.0 Å². The highest BCUT2D eigenvalue weighted by molar-refractivity contribution is 6.60. The summed E-state index contributed by atoms with van der Waals surface area (Å²) in [7, 11) is 2.53. The molecule has 0 saturated carbocycles. The lowest BCUT2D eigenvalue weighted by molar-refractivity contribution is -0.0690. The van der Waals surface area contributed by atoms with Crippen molar-refractivity contribution < 1.29 is 18.0 Å². The van der Waals surface area contributed by atoms with Crippen LogP contribution < -0.4 is 0 Å². The minimum atomic E-state index is -2.43. The largest absolute Gasteiger partial charge is 0.500 e. The van der Waals surface area contributed by atoms with Crippen molar-refractivity contribution >= 4 is 8.80 Å². The molecule has 0 aromatic carbocycles. The van der Waals surface area contributed by atoms with Crippen molar-refractivity contribution in [3.8, 4) is 0 Å². The highest BCUT2D eigenvalue weighted by Gasteiger charge is 2.37. The normalized spacial score (nSPS) is 19.2. The van der Waals surface area contributed by atoms with Crippen molar-refractivity contribution in [1.29, 1.82) is 0 Å². The minimum Gasteiger partial charge on any atom is -0.377 e. The first kappa shape index (κ1) is 18.1. The SMILES string of the molecule is CCC(OCCC[Si](OC)(OC)OC)N1CCCCC1. The van der Waals surface area contributed by atoms with Gasteiger partial charge < -0.3 is 18.0 Å². The van der Waals surface area contributed by atoms with Gasteiger partial charge in [0.2, 0.25) is 0 Å². The predicted molar refractivity (Wildman–Crippen MR) is 81.7 cm³/mol. The summed E-state index contributed by atoms with van der Waals surface area (Å²) < 4.78 is 22.3. The van der Waals surface area contributed by atoms with E-state index in [2.05, 4.69) is 11.8 Å². The van der Waals surface area contributed by atoms with E-state index in [-0.39, 0.29) is 6.23 Å². The van der Waals surface area contributed by atoms with Gasteiger partial charge in [0.15, 0.2) is 0 Å². The summed E-state index contributed by atoms with van der Waals surface area (Å²) in [5.74, 6) is 0. The van der Waals surface area contributed by atoms with Gasteiger partial charge in [-0.1, -0.05) is 13.3 Å². The van der Waals surface area contributed by atoms with Crippen LogP contribution in [0.2, 0.25) is 6.04 Å². The van der Waals surface area contributed by atoms with E-state index in [1.807, 2.05) is 0 Å². The molecule has 0 aromatic rings. The molecule has 1 atom stereocenters. The highest BCUT2D eigenvalue weighted by Crippen LogP contribution is 2.18. The average molecular weight is 305 g/mol. The molecule has 0 bridgehead atoms. The van der Waals surface area contributed by atoms with Crippen molar-refractivity contribution in [1.82, 2.24) is 4.90 Å².